The number of rotatable bonds is 4. The lowest BCUT2D eigenvalue weighted by atomic mass is 10.2. The maximum atomic E-state index is 5.71. The van der Waals surface area contributed by atoms with Crippen molar-refractivity contribution >= 4 is 29.1 Å². The van der Waals surface area contributed by atoms with Crippen molar-refractivity contribution in [1.29, 1.82) is 0 Å². The van der Waals surface area contributed by atoms with Crippen LogP contribution in [0.5, 0.6) is 0 Å². The van der Waals surface area contributed by atoms with Crippen LogP contribution in [0, 0.1) is 5.92 Å². The summed E-state index contributed by atoms with van der Waals surface area (Å²) < 4.78 is 0. The molecule has 0 radical (unpaired) electrons. The molecule has 0 saturated carbocycles. The van der Waals surface area contributed by atoms with Crippen molar-refractivity contribution in [3.63, 3.8) is 0 Å². The van der Waals surface area contributed by atoms with Gasteiger partial charge < -0.3 is 5.73 Å². The van der Waals surface area contributed by atoms with Crippen LogP contribution in [0.2, 0.25) is 5.28 Å². The molecule has 1 unspecified atom stereocenters. The van der Waals surface area contributed by atoms with E-state index in [4.69, 9.17) is 17.3 Å². The summed E-state index contributed by atoms with van der Waals surface area (Å²) in [5, 5.41) is 1.04. The molecule has 5 heteroatoms. The van der Waals surface area contributed by atoms with Gasteiger partial charge in [-0.3, -0.25) is 0 Å². The minimum absolute atomic E-state index is 0.255. The fraction of sp³-hybridized carbons (Fsp3) is 0.556. The number of thioether (sulfide) groups is 1. The van der Waals surface area contributed by atoms with Gasteiger partial charge in [0.05, 0.1) is 11.9 Å². The Morgan fingerprint density at radius 2 is 2.36 bits per heavy atom. The van der Waals surface area contributed by atoms with Gasteiger partial charge in [-0.15, -0.1) is 11.8 Å². The summed E-state index contributed by atoms with van der Waals surface area (Å²) in [6, 6.07) is 0. The van der Waals surface area contributed by atoms with Crippen LogP contribution in [-0.2, 0) is 0 Å². The van der Waals surface area contributed by atoms with Gasteiger partial charge in [-0.25, -0.2) is 9.97 Å². The predicted molar refractivity (Wildman–Crippen MR) is 61.6 cm³/mol. The Hall–Kier alpha value is -0.480. The van der Waals surface area contributed by atoms with Gasteiger partial charge in [-0.1, -0.05) is 20.3 Å². The molecule has 0 aliphatic rings. The van der Waals surface area contributed by atoms with E-state index in [0.29, 0.717) is 11.6 Å². The van der Waals surface area contributed by atoms with Crippen LogP contribution >= 0.6 is 23.4 Å². The molecule has 0 aliphatic carbocycles. The quantitative estimate of drug-likeness (QED) is 0.492. The first-order chi connectivity index (χ1) is 6.63. The van der Waals surface area contributed by atoms with Crippen molar-refractivity contribution in [1.82, 2.24) is 9.97 Å². The molecule has 1 heterocycles. The first-order valence-electron chi connectivity index (χ1n) is 4.54. The van der Waals surface area contributed by atoms with Gasteiger partial charge in [0.15, 0.2) is 0 Å². The van der Waals surface area contributed by atoms with Crippen molar-refractivity contribution in [2.45, 2.75) is 25.3 Å². The Kier molecular flexibility index (Phi) is 4.48. The van der Waals surface area contributed by atoms with Crippen molar-refractivity contribution in [2.75, 3.05) is 11.5 Å². The lowest BCUT2D eigenvalue weighted by Crippen LogP contribution is -1.99. The molecule has 3 nitrogen and oxygen atoms in total. The molecule has 0 aliphatic heterocycles. The number of hydrogen-bond acceptors (Lipinski definition) is 4. The number of nitrogens with zero attached hydrogens (tertiary/aromatic N) is 2. The highest BCUT2D eigenvalue weighted by Gasteiger charge is 2.06. The topological polar surface area (TPSA) is 51.8 Å². The van der Waals surface area contributed by atoms with E-state index in [1.807, 2.05) is 0 Å². The summed E-state index contributed by atoms with van der Waals surface area (Å²) in [7, 11) is 0. The first-order valence-corrected chi connectivity index (χ1v) is 5.90. The van der Waals surface area contributed by atoms with Gasteiger partial charge >= 0.3 is 0 Å². The Balaban J connectivity index is 2.62. The maximum absolute atomic E-state index is 5.71. The minimum atomic E-state index is 0.255. The fourth-order valence-corrected chi connectivity index (χ4v) is 2.04. The van der Waals surface area contributed by atoms with E-state index in [1.165, 1.54) is 0 Å². The molecule has 14 heavy (non-hydrogen) atoms. The molecule has 0 saturated heterocycles. The molecule has 2 N–H and O–H groups in total. The zero-order chi connectivity index (χ0) is 10.6. The smallest absolute Gasteiger partial charge is 0.223 e. The van der Waals surface area contributed by atoms with Crippen LogP contribution in [0.15, 0.2) is 11.2 Å². The zero-order valence-electron chi connectivity index (χ0n) is 8.33. The second-order valence-corrected chi connectivity index (χ2v) is 4.57. The van der Waals surface area contributed by atoms with Crippen LogP contribution in [0.3, 0.4) is 0 Å². The number of nitrogen functional groups attached to an aromatic ring is 1. The Morgan fingerprint density at radius 3 is 3.00 bits per heavy atom. The molecular weight excluding hydrogens is 218 g/mol. The number of halogens is 1. The highest BCUT2D eigenvalue weighted by atomic mass is 35.5. The molecule has 0 fully saturated rings. The van der Waals surface area contributed by atoms with Crippen LogP contribution in [0.1, 0.15) is 20.3 Å². The predicted octanol–water partition coefficient (Wildman–Crippen LogP) is 2.85. The SMILES string of the molecule is CCC(C)CSc1nc(Cl)ncc1N. The second-order valence-electron chi connectivity index (χ2n) is 3.22. The minimum Gasteiger partial charge on any atom is -0.395 e. The Labute approximate surface area is 93.5 Å². The van der Waals surface area contributed by atoms with Gasteiger partial charge in [-0.05, 0) is 17.5 Å². The molecule has 1 rings (SSSR count). The van der Waals surface area contributed by atoms with E-state index in [0.717, 1.165) is 17.2 Å². The van der Waals surface area contributed by atoms with Crippen LogP contribution in [-0.4, -0.2) is 15.7 Å². The summed E-state index contributed by atoms with van der Waals surface area (Å²) >= 11 is 7.31. The molecule has 0 bridgehead atoms. The standard InChI is InChI=1S/C9H14ClN3S/c1-3-6(2)5-14-8-7(11)4-12-9(10)13-8/h4,6H,3,5,11H2,1-2H3. The molecule has 0 aromatic carbocycles. The molecule has 78 valence electrons. The van der Waals surface area contributed by atoms with Crippen molar-refractivity contribution in [3.8, 4) is 0 Å². The third-order valence-electron chi connectivity index (χ3n) is 1.95. The molecule has 1 atom stereocenters. The van der Waals surface area contributed by atoms with Gasteiger partial charge in [0, 0.05) is 5.75 Å². The first kappa shape index (κ1) is 11.6. The highest BCUT2D eigenvalue weighted by molar-refractivity contribution is 7.99. The summed E-state index contributed by atoms with van der Waals surface area (Å²) in [6.45, 7) is 4.37. The van der Waals surface area contributed by atoms with Crippen molar-refractivity contribution in [2.24, 2.45) is 5.92 Å². The van der Waals surface area contributed by atoms with Crippen LogP contribution in [0.4, 0.5) is 5.69 Å². The summed E-state index contributed by atoms with van der Waals surface area (Å²) in [5.74, 6) is 1.67. The third kappa shape index (κ3) is 3.35. The second kappa shape index (κ2) is 5.41. The molecule has 1 aromatic rings. The molecule has 0 spiro atoms. The molecular formula is C9H14ClN3S. The lowest BCUT2D eigenvalue weighted by Gasteiger charge is -2.08. The van der Waals surface area contributed by atoms with Gasteiger partial charge in [0.1, 0.15) is 5.03 Å². The number of aromatic nitrogens is 2. The maximum Gasteiger partial charge on any atom is 0.223 e. The van der Waals surface area contributed by atoms with Gasteiger partial charge in [-0.2, -0.15) is 0 Å². The van der Waals surface area contributed by atoms with E-state index in [1.54, 1.807) is 18.0 Å². The van der Waals surface area contributed by atoms with E-state index in [2.05, 4.69) is 23.8 Å². The summed E-state index contributed by atoms with van der Waals surface area (Å²) in [4.78, 5) is 7.87. The van der Waals surface area contributed by atoms with Crippen molar-refractivity contribution in [3.05, 3.63) is 11.5 Å². The van der Waals surface area contributed by atoms with Crippen molar-refractivity contribution < 1.29 is 0 Å². The van der Waals surface area contributed by atoms with Gasteiger partial charge in [0.2, 0.25) is 5.28 Å². The normalized spacial score (nSPS) is 12.8. The average molecular weight is 232 g/mol. The van der Waals surface area contributed by atoms with E-state index < -0.39 is 0 Å². The van der Waals surface area contributed by atoms with E-state index in [9.17, 15) is 0 Å². The Morgan fingerprint density at radius 1 is 1.64 bits per heavy atom. The van der Waals surface area contributed by atoms with Crippen LogP contribution in [0.25, 0.3) is 0 Å². The summed E-state index contributed by atoms with van der Waals surface area (Å²) in [5.41, 5.74) is 6.31. The third-order valence-corrected chi connectivity index (χ3v) is 3.47. The monoisotopic (exact) mass is 231 g/mol. The molecule has 1 aromatic heterocycles. The summed E-state index contributed by atoms with van der Waals surface area (Å²) in [6.07, 6.45) is 2.71. The number of hydrogen-bond donors (Lipinski definition) is 1. The largest absolute Gasteiger partial charge is 0.395 e. The van der Waals surface area contributed by atoms with Crippen LogP contribution < -0.4 is 5.73 Å². The molecule has 0 amide bonds. The number of nitrogens with two attached hydrogens (primary N) is 1. The Bertz CT molecular complexity index is 306. The fourth-order valence-electron chi connectivity index (χ4n) is 0.810. The van der Waals surface area contributed by atoms with E-state index >= 15 is 0 Å². The number of anilines is 1. The average Bonchev–Trinajstić information content (AvgIpc) is 2.19. The zero-order valence-corrected chi connectivity index (χ0v) is 9.90. The highest BCUT2D eigenvalue weighted by Crippen LogP contribution is 2.25. The lowest BCUT2D eigenvalue weighted by molar-refractivity contribution is 0.636. The van der Waals surface area contributed by atoms with Gasteiger partial charge in [0.25, 0.3) is 0 Å². The van der Waals surface area contributed by atoms with E-state index in [-0.39, 0.29) is 5.28 Å².